The molecule has 0 N–H and O–H groups in total. The summed E-state index contributed by atoms with van der Waals surface area (Å²) >= 11 is 0. The van der Waals surface area contributed by atoms with E-state index in [0.29, 0.717) is 0 Å². The fourth-order valence-electron chi connectivity index (χ4n) is 1.30. The maximum atomic E-state index is 12.6. The maximum absolute atomic E-state index is 12.6. The Bertz CT molecular complexity index is 387. The van der Waals surface area contributed by atoms with Crippen LogP contribution in [0.2, 0.25) is 0 Å². The number of amides is 1. The number of hydrogen-bond acceptors (Lipinski definition) is 1. The van der Waals surface area contributed by atoms with Crippen molar-refractivity contribution in [2.75, 3.05) is 7.05 Å². The minimum atomic E-state index is -4.38. The molecule has 0 saturated heterocycles. The molecule has 0 radical (unpaired) electrons. The fraction of sp³-hybridized carbons (Fsp3) is 0.364. The molecule has 1 aromatic carbocycles. The standard InChI is InChI=1S/C11H12F3NO/c1-8(16)15(2)7-9-5-3-4-6-10(9)11(12,13)14/h3-6H,7H2,1-2H3. The van der Waals surface area contributed by atoms with E-state index in [1.165, 1.54) is 37.1 Å². The SMILES string of the molecule is CC(=O)N(C)Cc1ccccc1C(F)(F)F. The van der Waals surface area contributed by atoms with Crippen LogP contribution in [0.4, 0.5) is 13.2 Å². The molecule has 0 saturated carbocycles. The van der Waals surface area contributed by atoms with Crippen LogP contribution in [0.1, 0.15) is 18.1 Å². The number of hydrogen-bond donors (Lipinski definition) is 0. The molecule has 0 fully saturated rings. The van der Waals surface area contributed by atoms with Gasteiger partial charge in [-0.3, -0.25) is 4.79 Å². The molecule has 0 spiro atoms. The number of benzene rings is 1. The van der Waals surface area contributed by atoms with Crippen molar-refractivity contribution in [3.63, 3.8) is 0 Å². The smallest absolute Gasteiger partial charge is 0.342 e. The summed E-state index contributed by atoms with van der Waals surface area (Å²) in [5.41, 5.74) is -0.587. The molecule has 0 aliphatic rings. The zero-order valence-electron chi connectivity index (χ0n) is 9.01. The van der Waals surface area contributed by atoms with Gasteiger partial charge in [-0.25, -0.2) is 0 Å². The van der Waals surface area contributed by atoms with Crippen LogP contribution < -0.4 is 0 Å². The third kappa shape index (κ3) is 2.98. The number of rotatable bonds is 2. The lowest BCUT2D eigenvalue weighted by Gasteiger charge is -2.18. The minimum Gasteiger partial charge on any atom is -0.342 e. The van der Waals surface area contributed by atoms with Gasteiger partial charge in [0.05, 0.1) is 5.56 Å². The van der Waals surface area contributed by atoms with Gasteiger partial charge < -0.3 is 4.90 Å². The van der Waals surface area contributed by atoms with Gasteiger partial charge in [-0.1, -0.05) is 18.2 Å². The summed E-state index contributed by atoms with van der Waals surface area (Å²) in [6, 6.07) is 5.25. The largest absolute Gasteiger partial charge is 0.416 e. The first-order valence-corrected chi connectivity index (χ1v) is 4.69. The Kier molecular flexibility index (Phi) is 3.57. The van der Waals surface area contributed by atoms with Crippen molar-refractivity contribution >= 4 is 5.91 Å². The molecule has 0 unspecified atom stereocenters. The van der Waals surface area contributed by atoms with Gasteiger partial charge in [0, 0.05) is 20.5 Å². The first kappa shape index (κ1) is 12.5. The Balaban J connectivity index is 3.01. The predicted molar refractivity (Wildman–Crippen MR) is 53.6 cm³/mol. The lowest BCUT2D eigenvalue weighted by molar-refractivity contribution is -0.139. The van der Waals surface area contributed by atoms with Gasteiger partial charge >= 0.3 is 6.18 Å². The van der Waals surface area contributed by atoms with E-state index >= 15 is 0 Å². The van der Waals surface area contributed by atoms with Crippen LogP contribution in [0, 0.1) is 0 Å². The van der Waals surface area contributed by atoms with Crippen molar-refractivity contribution in [1.82, 2.24) is 4.90 Å². The first-order chi connectivity index (χ1) is 7.32. The molecule has 1 aromatic rings. The van der Waals surface area contributed by atoms with Gasteiger partial charge in [-0.05, 0) is 11.6 Å². The zero-order chi connectivity index (χ0) is 12.3. The van der Waals surface area contributed by atoms with E-state index in [9.17, 15) is 18.0 Å². The summed E-state index contributed by atoms with van der Waals surface area (Å²) in [6.45, 7) is 1.28. The molecule has 0 aromatic heterocycles. The molecular weight excluding hydrogens is 219 g/mol. The second kappa shape index (κ2) is 4.55. The van der Waals surface area contributed by atoms with Crippen LogP contribution >= 0.6 is 0 Å². The summed E-state index contributed by atoms with van der Waals surface area (Å²) in [6.07, 6.45) is -4.38. The molecule has 16 heavy (non-hydrogen) atoms. The van der Waals surface area contributed by atoms with Gasteiger partial charge in [0.25, 0.3) is 0 Å². The van der Waals surface area contributed by atoms with E-state index < -0.39 is 11.7 Å². The highest BCUT2D eigenvalue weighted by Crippen LogP contribution is 2.32. The molecule has 2 nitrogen and oxygen atoms in total. The van der Waals surface area contributed by atoms with E-state index in [0.717, 1.165) is 6.07 Å². The topological polar surface area (TPSA) is 20.3 Å². The highest BCUT2D eigenvalue weighted by molar-refractivity contribution is 5.72. The van der Waals surface area contributed by atoms with E-state index in [1.807, 2.05) is 0 Å². The van der Waals surface area contributed by atoms with E-state index in [1.54, 1.807) is 0 Å². The average molecular weight is 231 g/mol. The molecule has 1 amide bonds. The Morgan fingerprint density at radius 3 is 2.38 bits per heavy atom. The lowest BCUT2D eigenvalue weighted by atomic mass is 10.1. The van der Waals surface area contributed by atoms with Crippen LogP contribution in [0.25, 0.3) is 0 Å². The van der Waals surface area contributed by atoms with Crippen molar-refractivity contribution in [1.29, 1.82) is 0 Å². The monoisotopic (exact) mass is 231 g/mol. The molecule has 5 heteroatoms. The highest BCUT2D eigenvalue weighted by Gasteiger charge is 2.33. The summed E-state index contributed by atoms with van der Waals surface area (Å²) in [4.78, 5) is 12.2. The number of carbonyl (C=O) groups is 1. The Hall–Kier alpha value is -1.52. The van der Waals surface area contributed by atoms with Crippen molar-refractivity contribution in [3.05, 3.63) is 35.4 Å². The van der Waals surface area contributed by atoms with Crippen molar-refractivity contribution < 1.29 is 18.0 Å². The van der Waals surface area contributed by atoms with E-state index in [-0.39, 0.29) is 18.0 Å². The molecule has 1 rings (SSSR count). The highest BCUT2D eigenvalue weighted by atomic mass is 19.4. The van der Waals surface area contributed by atoms with Gasteiger partial charge in [0.1, 0.15) is 0 Å². The van der Waals surface area contributed by atoms with Crippen molar-refractivity contribution in [2.45, 2.75) is 19.6 Å². The predicted octanol–water partition coefficient (Wildman–Crippen LogP) is 2.68. The lowest BCUT2D eigenvalue weighted by Crippen LogP contribution is -2.24. The van der Waals surface area contributed by atoms with Gasteiger partial charge in [-0.15, -0.1) is 0 Å². The summed E-state index contributed by atoms with van der Waals surface area (Å²) in [5.74, 6) is -0.267. The van der Waals surface area contributed by atoms with E-state index in [2.05, 4.69) is 0 Å². The molecule has 88 valence electrons. The molecule has 0 heterocycles. The molecule has 0 bridgehead atoms. The van der Waals surface area contributed by atoms with Gasteiger partial charge in [-0.2, -0.15) is 13.2 Å². The van der Waals surface area contributed by atoms with Crippen molar-refractivity contribution in [3.8, 4) is 0 Å². The molecule has 0 aliphatic heterocycles. The Morgan fingerprint density at radius 1 is 1.31 bits per heavy atom. The quantitative estimate of drug-likeness (QED) is 0.766. The van der Waals surface area contributed by atoms with Crippen LogP contribution in [-0.4, -0.2) is 17.9 Å². The fourth-order valence-corrected chi connectivity index (χ4v) is 1.30. The first-order valence-electron chi connectivity index (χ1n) is 4.69. The van der Waals surface area contributed by atoms with Crippen molar-refractivity contribution in [2.24, 2.45) is 0 Å². The number of alkyl halides is 3. The molecule has 0 aliphatic carbocycles. The van der Waals surface area contributed by atoms with Crippen LogP contribution in [-0.2, 0) is 17.5 Å². The van der Waals surface area contributed by atoms with Crippen LogP contribution in [0.3, 0.4) is 0 Å². The summed E-state index contributed by atoms with van der Waals surface area (Å²) in [7, 11) is 1.47. The normalized spacial score (nSPS) is 11.3. The summed E-state index contributed by atoms with van der Waals surface area (Å²) in [5, 5.41) is 0. The Morgan fingerprint density at radius 2 is 1.88 bits per heavy atom. The van der Waals surface area contributed by atoms with Gasteiger partial charge in [0.2, 0.25) is 5.91 Å². The van der Waals surface area contributed by atoms with Crippen LogP contribution in [0.5, 0.6) is 0 Å². The number of halogens is 3. The second-order valence-corrected chi connectivity index (χ2v) is 3.53. The number of carbonyl (C=O) groups excluding carboxylic acids is 1. The second-order valence-electron chi connectivity index (χ2n) is 3.53. The average Bonchev–Trinajstić information content (AvgIpc) is 2.16. The molecule has 0 atom stereocenters. The Labute approximate surface area is 91.7 Å². The minimum absolute atomic E-state index is 0.0367. The third-order valence-corrected chi connectivity index (χ3v) is 2.27. The third-order valence-electron chi connectivity index (χ3n) is 2.27. The van der Waals surface area contributed by atoms with Gasteiger partial charge in [0.15, 0.2) is 0 Å². The van der Waals surface area contributed by atoms with E-state index in [4.69, 9.17) is 0 Å². The zero-order valence-corrected chi connectivity index (χ0v) is 9.01. The van der Waals surface area contributed by atoms with Crippen LogP contribution in [0.15, 0.2) is 24.3 Å². The summed E-state index contributed by atoms with van der Waals surface area (Å²) < 4.78 is 37.8. The number of nitrogens with zero attached hydrogens (tertiary/aromatic N) is 1. The molecular formula is C11H12F3NO. The maximum Gasteiger partial charge on any atom is 0.416 e.